The van der Waals surface area contributed by atoms with Gasteiger partial charge in [0.25, 0.3) is 0 Å². The molecule has 1 aromatic heterocycles. The van der Waals surface area contributed by atoms with Gasteiger partial charge in [-0.05, 0) is 73.7 Å². The lowest BCUT2D eigenvalue weighted by Gasteiger charge is -2.22. The summed E-state index contributed by atoms with van der Waals surface area (Å²) >= 11 is 13.5. The van der Waals surface area contributed by atoms with E-state index in [1.165, 1.54) is 14.2 Å². The molecule has 2 aromatic carbocycles. The van der Waals surface area contributed by atoms with E-state index >= 15 is 0 Å². The average molecular weight is 745 g/mol. The van der Waals surface area contributed by atoms with Gasteiger partial charge in [-0.25, -0.2) is 9.78 Å². The number of amides is 2. The molecule has 4 rings (SSSR count). The van der Waals surface area contributed by atoms with Gasteiger partial charge in [0, 0.05) is 37.4 Å². The number of anilines is 2. The predicted octanol–water partition coefficient (Wildman–Crippen LogP) is 8.39. The fourth-order valence-corrected chi connectivity index (χ4v) is 6.80. The number of nitrogens with zero attached hydrogens (tertiary/aromatic N) is 2. The molecule has 1 unspecified atom stereocenters. The predicted molar refractivity (Wildman–Crippen MR) is 201 cm³/mol. The molecule has 3 aromatic rings. The van der Waals surface area contributed by atoms with Gasteiger partial charge in [-0.3, -0.25) is 19.5 Å². The van der Waals surface area contributed by atoms with E-state index in [2.05, 4.69) is 35.6 Å². The summed E-state index contributed by atoms with van der Waals surface area (Å²) < 4.78 is 17.8. The molecular formula is C36H47Cl2N5O6Si. The second-order valence-electron chi connectivity index (χ2n) is 13.4. The van der Waals surface area contributed by atoms with Gasteiger partial charge in [-0.15, -0.1) is 0 Å². The smallest absolute Gasteiger partial charge is 0.411 e. The van der Waals surface area contributed by atoms with Crippen LogP contribution in [-0.2, 0) is 30.5 Å². The van der Waals surface area contributed by atoms with Gasteiger partial charge in [-0.2, -0.15) is 0 Å². The van der Waals surface area contributed by atoms with Crippen molar-refractivity contribution >= 4 is 60.6 Å². The van der Waals surface area contributed by atoms with Crippen LogP contribution in [0.5, 0.6) is 0 Å². The number of aromatic nitrogens is 2. The third kappa shape index (κ3) is 11.4. The molecular weight excluding hydrogens is 697 g/mol. The van der Waals surface area contributed by atoms with Crippen LogP contribution in [0.1, 0.15) is 55.5 Å². The number of hydrogen-bond acceptors (Lipinski definition) is 8. The first-order chi connectivity index (χ1) is 23.9. The van der Waals surface area contributed by atoms with Crippen molar-refractivity contribution in [2.45, 2.75) is 76.5 Å². The number of methoxy groups -OCH3 is 2. The van der Waals surface area contributed by atoms with Gasteiger partial charge in [0.05, 0.1) is 32.4 Å². The fraction of sp³-hybridized carbons (Fsp3) is 0.444. The molecule has 0 radical (unpaired) electrons. The number of carbonyl (C=O) groups excluding carboxylic acids is 3. The maximum atomic E-state index is 13.0. The number of benzene rings is 2. The Bertz CT molecular complexity index is 1670. The molecule has 50 heavy (non-hydrogen) atoms. The summed E-state index contributed by atoms with van der Waals surface area (Å²) in [7, 11) is 1.32. The minimum absolute atomic E-state index is 0.125. The minimum atomic E-state index is -1.35. The first kappa shape index (κ1) is 39.1. The SMILES string of the molecule is COC(=O)CC(CCN[C@H]1C/C=C\CCC(=O)Nc2cc(NC(=O)OC)ccc2-c2nc1n(COCC[Si](C)(C)C)c2Cl)c1cccc(Cl)c1. The van der Waals surface area contributed by atoms with E-state index in [1.54, 1.807) is 18.2 Å². The molecule has 0 saturated heterocycles. The van der Waals surface area contributed by atoms with Crippen LogP contribution in [0.2, 0.25) is 35.9 Å². The lowest BCUT2D eigenvalue weighted by molar-refractivity contribution is -0.141. The highest BCUT2D eigenvalue weighted by atomic mass is 35.5. The monoisotopic (exact) mass is 743 g/mol. The molecule has 2 heterocycles. The maximum absolute atomic E-state index is 13.0. The lowest BCUT2D eigenvalue weighted by Crippen LogP contribution is -2.27. The topological polar surface area (TPSA) is 133 Å². The highest BCUT2D eigenvalue weighted by molar-refractivity contribution is 6.76. The number of fused-ring (bicyclic) bond motifs is 4. The molecule has 11 nitrogen and oxygen atoms in total. The van der Waals surface area contributed by atoms with Crippen molar-refractivity contribution in [3.8, 4) is 11.3 Å². The fourth-order valence-electron chi connectivity index (χ4n) is 5.57. The van der Waals surface area contributed by atoms with Gasteiger partial charge in [-0.1, -0.05) is 67.1 Å². The van der Waals surface area contributed by atoms with E-state index in [0.29, 0.717) is 71.0 Å². The van der Waals surface area contributed by atoms with Gasteiger partial charge >= 0.3 is 12.1 Å². The Morgan fingerprint density at radius 2 is 1.90 bits per heavy atom. The number of ether oxygens (including phenoxy) is 3. The van der Waals surface area contributed by atoms with E-state index in [4.69, 9.17) is 42.4 Å². The van der Waals surface area contributed by atoms with Gasteiger partial charge in [0.2, 0.25) is 5.91 Å². The number of imidazole rings is 1. The lowest BCUT2D eigenvalue weighted by atomic mass is 9.92. The van der Waals surface area contributed by atoms with Crippen LogP contribution in [0.15, 0.2) is 54.6 Å². The number of nitrogens with one attached hydrogen (secondary N) is 3. The van der Waals surface area contributed by atoms with Crippen molar-refractivity contribution in [2.24, 2.45) is 0 Å². The third-order valence-corrected chi connectivity index (χ3v) is 10.7. The molecule has 2 atom stereocenters. The second-order valence-corrected chi connectivity index (χ2v) is 19.8. The number of esters is 1. The number of rotatable bonds is 13. The normalized spacial score (nSPS) is 16.1. The molecule has 1 aliphatic rings. The Morgan fingerprint density at radius 3 is 2.62 bits per heavy atom. The Hall–Kier alpha value is -3.68. The van der Waals surface area contributed by atoms with Crippen LogP contribution in [-0.4, -0.2) is 63.0 Å². The summed E-state index contributed by atoms with van der Waals surface area (Å²) in [6.45, 7) is 8.21. The summed E-state index contributed by atoms with van der Waals surface area (Å²) in [5.41, 5.74) is 2.89. The molecule has 0 fully saturated rings. The maximum Gasteiger partial charge on any atom is 0.411 e. The molecule has 2 bridgehead atoms. The van der Waals surface area contributed by atoms with Gasteiger partial charge in [0.1, 0.15) is 23.4 Å². The summed E-state index contributed by atoms with van der Waals surface area (Å²) in [6.07, 6.45) is 5.58. The number of hydrogen-bond donors (Lipinski definition) is 3. The summed E-state index contributed by atoms with van der Waals surface area (Å²) in [6, 6.07) is 13.4. The molecule has 270 valence electrons. The van der Waals surface area contributed by atoms with E-state index in [1.807, 2.05) is 41.0 Å². The zero-order chi connectivity index (χ0) is 36.3. The highest BCUT2D eigenvalue weighted by Crippen LogP contribution is 2.38. The van der Waals surface area contributed by atoms with Gasteiger partial charge in [0.15, 0.2) is 0 Å². The summed E-state index contributed by atoms with van der Waals surface area (Å²) in [5.74, 6) is 0.0556. The number of carbonyl (C=O) groups is 3. The van der Waals surface area contributed by atoms with Crippen molar-refractivity contribution in [3.63, 3.8) is 0 Å². The Morgan fingerprint density at radius 1 is 1.10 bits per heavy atom. The summed E-state index contributed by atoms with van der Waals surface area (Å²) in [4.78, 5) is 42.5. The second kappa shape index (κ2) is 18.5. The molecule has 3 N–H and O–H groups in total. The first-order valence-electron chi connectivity index (χ1n) is 16.7. The Labute approximate surface area is 305 Å². The molecule has 0 spiro atoms. The van der Waals surface area contributed by atoms with Crippen molar-refractivity contribution in [3.05, 3.63) is 76.2 Å². The number of allylic oxidation sites excluding steroid dienone is 1. The molecule has 0 saturated carbocycles. The van der Waals surface area contributed by atoms with Crippen molar-refractivity contribution in [1.29, 1.82) is 0 Å². The molecule has 0 aliphatic carbocycles. The van der Waals surface area contributed by atoms with Crippen LogP contribution >= 0.6 is 23.2 Å². The van der Waals surface area contributed by atoms with E-state index < -0.39 is 14.2 Å². The van der Waals surface area contributed by atoms with Crippen molar-refractivity contribution in [1.82, 2.24) is 14.9 Å². The van der Waals surface area contributed by atoms with Crippen LogP contribution in [0.3, 0.4) is 0 Å². The van der Waals surface area contributed by atoms with Crippen LogP contribution in [0.25, 0.3) is 11.3 Å². The zero-order valence-corrected chi connectivity index (χ0v) is 31.8. The van der Waals surface area contributed by atoms with Crippen LogP contribution < -0.4 is 16.0 Å². The highest BCUT2D eigenvalue weighted by Gasteiger charge is 2.27. The number of halogens is 2. The van der Waals surface area contributed by atoms with E-state index in [0.717, 1.165) is 11.6 Å². The Balaban J connectivity index is 1.72. The van der Waals surface area contributed by atoms with Crippen LogP contribution in [0.4, 0.5) is 16.2 Å². The zero-order valence-electron chi connectivity index (χ0n) is 29.3. The third-order valence-electron chi connectivity index (χ3n) is 8.37. The minimum Gasteiger partial charge on any atom is -0.469 e. The molecule has 1 aliphatic heterocycles. The standard InChI is InChI=1S/C36H47Cl2N5O6Si/c1-47-32(45)21-25(24-10-9-11-26(37)20-24)16-17-39-29-12-7-6-8-13-31(44)41-30-22-27(40-36(46)48-2)14-15-28(30)33-34(38)43(35(29)42-33)23-49-18-19-50(3,4)5/h6-7,9-11,14-15,20,22,25,29,39H,8,12-13,16-19,21,23H2,1-5H3,(H,40,46)(H,41,44)/b7-6-/t25?,29-/m0/s1. The van der Waals surface area contributed by atoms with Crippen molar-refractivity contribution < 1.29 is 28.6 Å². The average Bonchev–Trinajstić information content (AvgIpc) is 3.39. The van der Waals surface area contributed by atoms with Crippen LogP contribution in [0, 0.1) is 0 Å². The molecule has 2 amide bonds. The Kier molecular flexibility index (Phi) is 14.5. The van der Waals surface area contributed by atoms with Crippen molar-refractivity contribution in [2.75, 3.05) is 38.0 Å². The van der Waals surface area contributed by atoms with E-state index in [-0.39, 0.29) is 43.4 Å². The van der Waals surface area contributed by atoms with Gasteiger partial charge < -0.3 is 24.8 Å². The quantitative estimate of drug-likeness (QED) is 0.0688. The molecule has 14 heteroatoms. The first-order valence-corrected chi connectivity index (χ1v) is 21.2. The van der Waals surface area contributed by atoms with E-state index in [9.17, 15) is 14.4 Å². The summed E-state index contributed by atoms with van der Waals surface area (Å²) in [5, 5.41) is 10.3. The largest absolute Gasteiger partial charge is 0.469 e.